The molecule has 5 heteroatoms. The lowest BCUT2D eigenvalue weighted by Crippen LogP contribution is -1.99. The summed E-state index contributed by atoms with van der Waals surface area (Å²) in [6, 6.07) is 12.5. The van der Waals surface area contributed by atoms with E-state index in [4.69, 9.17) is 11.6 Å². The highest BCUT2D eigenvalue weighted by Crippen LogP contribution is 2.23. The number of benzene rings is 2. The molecular weight excluding hydrogens is 307 g/mol. The summed E-state index contributed by atoms with van der Waals surface area (Å²) in [4.78, 5) is 4.27. The fourth-order valence-corrected chi connectivity index (χ4v) is 2.90. The summed E-state index contributed by atoms with van der Waals surface area (Å²) in [5, 5.41) is 6.61. The molecule has 0 saturated heterocycles. The van der Waals surface area contributed by atoms with Crippen molar-refractivity contribution in [2.75, 3.05) is 5.32 Å². The van der Waals surface area contributed by atoms with E-state index in [0.717, 1.165) is 21.8 Å². The van der Waals surface area contributed by atoms with Gasteiger partial charge < -0.3 is 5.32 Å². The number of nitrogens with one attached hydrogen (secondary N) is 1. The lowest BCUT2D eigenvalue weighted by Gasteiger charge is -2.08. The zero-order valence-corrected chi connectivity index (χ0v) is 12.6. The molecule has 0 aliphatic carbocycles. The van der Waals surface area contributed by atoms with Gasteiger partial charge in [0, 0.05) is 34.4 Å². The Morgan fingerprint density at radius 3 is 2.62 bits per heavy atom. The smallest absolute Gasteiger partial charge is 0.125 e. The molecule has 106 valence electrons. The summed E-state index contributed by atoms with van der Waals surface area (Å²) in [5.41, 5.74) is 2.86. The Bertz CT molecular complexity index is 706. The van der Waals surface area contributed by atoms with Crippen molar-refractivity contribution in [3.63, 3.8) is 0 Å². The first-order valence-corrected chi connectivity index (χ1v) is 7.65. The van der Waals surface area contributed by atoms with Crippen molar-refractivity contribution < 1.29 is 4.39 Å². The van der Waals surface area contributed by atoms with Crippen LogP contribution >= 0.6 is 22.9 Å². The number of rotatable bonds is 4. The van der Waals surface area contributed by atoms with Gasteiger partial charge in [-0.3, -0.25) is 0 Å². The van der Waals surface area contributed by atoms with Crippen LogP contribution in [0.3, 0.4) is 0 Å². The zero-order chi connectivity index (χ0) is 14.7. The van der Waals surface area contributed by atoms with Crippen LogP contribution in [0, 0.1) is 5.82 Å². The standard InChI is InChI=1S/C16H12ClFN2S/c17-13-7-11(8-14(18)9-13)10-20-15-3-1-12(2-4-15)16-19-5-6-21-16/h1-9,20H,10H2. The van der Waals surface area contributed by atoms with Crippen LogP contribution in [0.15, 0.2) is 54.0 Å². The van der Waals surface area contributed by atoms with Crippen LogP contribution in [0.1, 0.15) is 5.56 Å². The molecule has 0 saturated carbocycles. The van der Waals surface area contributed by atoms with Gasteiger partial charge in [0.15, 0.2) is 0 Å². The van der Waals surface area contributed by atoms with E-state index in [9.17, 15) is 4.39 Å². The van der Waals surface area contributed by atoms with Crippen molar-refractivity contribution in [2.24, 2.45) is 0 Å². The van der Waals surface area contributed by atoms with Crippen LogP contribution in [-0.4, -0.2) is 4.98 Å². The van der Waals surface area contributed by atoms with Gasteiger partial charge in [0.2, 0.25) is 0 Å². The maximum absolute atomic E-state index is 13.2. The minimum absolute atomic E-state index is 0.321. The Kier molecular flexibility index (Phi) is 4.18. The minimum atomic E-state index is -0.321. The van der Waals surface area contributed by atoms with Crippen LogP contribution in [0.4, 0.5) is 10.1 Å². The lowest BCUT2D eigenvalue weighted by molar-refractivity contribution is 0.626. The van der Waals surface area contributed by atoms with E-state index in [-0.39, 0.29) is 5.82 Å². The maximum Gasteiger partial charge on any atom is 0.125 e. The molecule has 0 unspecified atom stereocenters. The number of aromatic nitrogens is 1. The molecule has 3 aromatic rings. The van der Waals surface area contributed by atoms with Crippen molar-refractivity contribution in [3.8, 4) is 10.6 Å². The Morgan fingerprint density at radius 2 is 1.95 bits per heavy atom. The van der Waals surface area contributed by atoms with Gasteiger partial charge >= 0.3 is 0 Å². The predicted octanol–water partition coefficient (Wildman–Crippen LogP) is 5.21. The molecular formula is C16H12ClFN2S. The number of hydrogen-bond acceptors (Lipinski definition) is 3. The quantitative estimate of drug-likeness (QED) is 0.714. The highest BCUT2D eigenvalue weighted by molar-refractivity contribution is 7.13. The number of halogens is 2. The molecule has 1 aromatic heterocycles. The normalized spacial score (nSPS) is 10.6. The molecule has 0 aliphatic heterocycles. The van der Waals surface area contributed by atoms with Gasteiger partial charge in [-0.1, -0.05) is 11.6 Å². The molecule has 2 nitrogen and oxygen atoms in total. The van der Waals surface area contributed by atoms with E-state index in [0.29, 0.717) is 11.6 Å². The van der Waals surface area contributed by atoms with Crippen LogP contribution < -0.4 is 5.32 Å². The Hall–Kier alpha value is -1.91. The van der Waals surface area contributed by atoms with E-state index in [2.05, 4.69) is 10.3 Å². The third kappa shape index (κ3) is 3.60. The van der Waals surface area contributed by atoms with Crippen LogP contribution in [0.2, 0.25) is 5.02 Å². The number of hydrogen-bond donors (Lipinski definition) is 1. The SMILES string of the molecule is Fc1cc(Cl)cc(CNc2ccc(-c3nccs3)cc2)c1. The Morgan fingerprint density at radius 1 is 1.14 bits per heavy atom. The number of nitrogens with zero attached hydrogens (tertiary/aromatic N) is 1. The van der Waals surface area contributed by atoms with Crippen molar-refractivity contribution >= 4 is 28.6 Å². The van der Waals surface area contributed by atoms with Crippen LogP contribution in [-0.2, 0) is 6.54 Å². The third-order valence-electron chi connectivity index (χ3n) is 2.98. The van der Waals surface area contributed by atoms with E-state index in [1.54, 1.807) is 23.6 Å². The second-order valence-electron chi connectivity index (χ2n) is 4.55. The fourth-order valence-electron chi connectivity index (χ4n) is 2.01. The van der Waals surface area contributed by atoms with Gasteiger partial charge in [0.05, 0.1) is 0 Å². The molecule has 1 N–H and O–H groups in total. The fraction of sp³-hybridized carbons (Fsp3) is 0.0625. The maximum atomic E-state index is 13.2. The third-order valence-corrected chi connectivity index (χ3v) is 4.02. The molecule has 1 heterocycles. The van der Waals surface area contributed by atoms with Gasteiger partial charge in [-0.05, 0) is 48.0 Å². The number of thiazole rings is 1. The Balaban J connectivity index is 1.68. The molecule has 3 rings (SSSR count). The summed E-state index contributed by atoms with van der Waals surface area (Å²) >= 11 is 7.44. The van der Waals surface area contributed by atoms with Crippen molar-refractivity contribution in [1.82, 2.24) is 4.98 Å². The van der Waals surface area contributed by atoms with E-state index < -0.39 is 0 Å². The summed E-state index contributed by atoms with van der Waals surface area (Å²) in [6.07, 6.45) is 1.79. The average molecular weight is 319 g/mol. The molecule has 0 spiro atoms. The first-order valence-electron chi connectivity index (χ1n) is 6.39. The first kappa shape index (κ1) is 14.0. The van der Waals surface area contributed by atoms with Crippen molar-refractivity contribution in [2.45, 2.75) is 6.54 Å². The summed E-state index contributed by atoms with van der Waals surface area (Å²) in [6.45, 7) is 0.522. The highest BCUT2D eigenvalue weighted by atomic mass is 35.5. The number of anilines is 1. The lowest BCUT2D eigenvalue weighted by atomic mass is 10.2. The van der Waals surface area contributed by atoms with Gasteiger partial charge in [0.25, 0.3) is 0 Å². The Labute approximate surface area is 131 Å². The highest BCUT2D eigenvalue weighted by Gasteiger charge is 2.02. The largest absolute Gasteiger partial charge is 0.381 e. The average Bonchev–Trinajstić information content (AvgIpc) is 2.99. The van der Waals surface area contributed by atoms with Crippen molar-refractivity contribution in [3.05, 3.63) is 70.4 Å². The topological polar surface area (TPSA) is 24.9 Å². The molecule has 0 radical (unpaired) electrons. The van der Waals surface area contributed by atoms with E-state index >= 15 is 0 Å². The zero-order valence-electron chi connectivity index (χ0n) is 11.0. The summed E-state index contributed by atoms with van der Waals surface area (Å²) in [7, 11) is 0. The van der Waals surface area contributed by atoms with Crippen LogP contribution in [0.25, 0.3) is 10.6 Å². The predicted molar refractivity (Wildman–Crippen MR) is 86.3 cm³/mol. The van der Waals surface area contributed by atoms with Crippen LogP contribution in [0.5, 0.6) is 0 Å². The van der Waals surface area contributed by atoms with E-state index in [1.165, 1.54) is 12.1 Å². The van der Waals surface area contributed by atoms with Gasteiger partial charge in [0.1, 0.15) is 10.8 Å². The second-order valence-corrected chi connectivity index (χ2v) is 5.88. The molecule has 0 amide bonds. The molecule has 0 aliphatic rings. The first-order chi connectivity index (χ1) is 10.2. The minimum Gasteiger partial charge on any atom is -0.381 e. The molecule has 21 heavy (non-hydrogen) atoms. The molecule has 0 atom stereocenters. The second kappa shape index (κ2) is 6.24. The molecule has 0 bridgehead atoms. The monoisotopic (exact) mass is 318 g/mol. The molecule has 0 fully saturated rings. The summed E-state index contributed by atoms with van der Waals surface area (Å²) in [5.74, 6) is -0.321. The van der Waals surface area contributed by atoms with E-state index in [1.807, 2.05) is 29.6 Å². The van der Waals surface area contributed by atoms with Gasteiger partial charge in [-0.25, -0.2) is 9.37 Å². The van der Waals surface area contributed by atoms with Gasteiger partial charge in [-0.15, -0.1) is 11.3 Å². The van der Waals surface area contributed by atoms with Gasteiger partial charge in [-0.2, -0.15) is 0 Å². The molecule has 2 aromatic carbocycles. The van der Waals surface area contributed by atoms with Crippen molar-refractivity contribution in [1.29, 1.82) is 0 Å². The summed E-state index contributed by atoms with van der Waals surface area (Å²) < 4.78 is 13.2.